The number of halogens is 3. The van der Waals surface area contributed by atoms with E-state index in [1.165, 1.54) is 42.5 Å². The fraction of sp³-hybridized carbons (Fsp3) is 0.125. The molecule has 0 fully saturated rings. The normalized spacial score (nSPS) is 10.6. The molecule has 27 heavy (non-hydrogen) atoms. The molecule has 0 radical (unpaired) electrons. The van der Waals surface area contributed by atoms with Crippen molar-refractivity contribution in [3.8, 4) is 5.75 Å². The number of nitrogens with one attached hydrogen (secondary N) is 1. The summed E-state index contributed by atoms with van der Waals surface area (Å²) in [6, 6.07) is 9.65. The van der Waals surface area contributed by atoms with Gasteiger partial charge in [-0.05, 0) is 30.3 Å². The third-order valence-corrected chi connectivity index (χ3v) is 4.27. The van der Waals surface area contributed by atoms with E-state index in [0.29, 0.717) is 21.8 Å². The van der Waals surface area contributed by atoms with Crippen LogP contribution < -0.4 is 4.74 Å². The number of nitrogens with zero attached hydrogens (tertiary/aromatic N) is 2. The van der Waals surface area contributed by atoms with E-state index in [2.05, 4.69) is 14.7 Å². The highest BCUT2D eigenvalue weighted by atomic mass is 79.9. The first-order valence-electron chi connectivity index (χ1n) is 7.27. The number of benzene rings is 2. The lowest BCUT2D eigenvalue weighted by Gasteiger charge is -2.05. The van der Waals surface area contributed by atoms with Gasteiger partial charge in [-0.3, -0.25) is 14.9 Å². The van der Waals surface area contributed by atoms with Crippen LogP contribution in [0.15, 0.2) is 47.6 Å². The lowest BCUT2D eigenvalue weighted by molar-refractivity contribution is -0.384. The second kappa shape index (κ2) is 8.91. The van der Waals surface area contributed by atoms with Crippen molar-refractivity contribution in [1.82, 2.24) is 9.97 Å². The van der Waals surface area contributed by atoms with E-state index in [1.807, 2.05) is 0 Å². The number of ether oxygens (including phenoxy) is 1. The van der Waals surface area contributed by atoms with Crippen LogP contribution in [0.2, 0.25) is 0 Å². The minimum Gasteiger partial charge on any atom is -0.435 e. The molecule has 0 saturated carbocycles. The molecule has 3 rings (SSSR count). The molecule has 0 aliphatic carbocycles. The number of non-ortho nitro benzene ring substituents is 1. The van der Waals surface area contributed by atoms with Gasteiger partial charge < -0.3 is 9.72 Å². The van der Waals surface area contributed by atoms with Gasteiger partial charge in [-0.2, -0.15) is 8.78 Å². The number of imidazole rings is 1. The van der Waals surface area contributed by atoms with Crippen molar-refractivity contribution < 1.29 is 23.2 Å². The van der Waals surface area contributed by atoms with Gasteiger partial charge in [0, 0.05) is 17.7 Å². The summed E-state index contributed by atoms with van der Waals surface area (Å²) in [6.45, 7) is -2.92. The lowest BCUT2D eigenvalue weighted by Crippen LogP contribution is -2.04. The SMILES string of the molecule is Br.O=C(CSc1nc2ccc([N+](=O)[O-])cc2[nH]1)c1ccc(OC(F)F)cc1. The lowest BCUT2D eigenvalue weighted by atomic mass is 10.1. The average Bonchev–Trinajstić information content (AvgIpc) is 3.01. The molecule has 0 bridgehead atoms. The number of ketones is 1. The molecule has 0 saturated heterocycles. The molecule has 0 aliphatic rings. The molecular weight excluding hydrogens is 448 g/mol. The van der Waals surface area contributed by atoms with Gasteiger partial charge in [-0.1, -0.05) is 11.8 Å². The highest BCUT2D eigenvalue weighted by Crippen LogP contribution is 2.24. The zero-order valence-corrected chi connectivity index (χ0v) is 16.0. The molecule has 0 aliphatic heterocycles. The van der Waals surface area contributed by atoms with Crippen LogP contribution in [0.5, 0.6) is 5.75 Å². The number of fused-ring (bicyclic) bond motifs is 1. The predicted molar refractivity (Wildman–Crippen MR) is 101 cm³/mol. The molecular formula is C16H12BrF2N3O4S. The molecule has 1 N–H and O–H groups in total. The van der Waals surface area contributed by atoms with E-state index in [-0.39, 0.29) is 40.0 Å². The summed E-state index contributed by atoms with van der Waals surface area (Å²) in [4.78, 5) is 29.6. The third kappa shape index (κ3) is 5.23. The Morgan fingerprint density at radius 2 is 1.96 bits per heavy atom. The van der Waals surface area contributed by atoms with Gasteiger partial charge in [0.15, 0.2) is 10.9 Å². The molecule has 3 aromatic rings. The summed E-state index contributed by atoms with van der Waals surface area (Å²) >= 11 is 1.14. The quantitative estimate of drug-likeness (QED) is 0.239. The van der Waals surface area contributed by atoms with Crippen molar-refractivity contribution in [2.45, 2.75) is 11.8 Å². The van der Waals surface area contributed by atoms with Crippen molar-refractivity contribution in [2.24, 2.45) is 0 Å². The summed E-state index contributed by atoms with van der Waals surface area (Å²) in [6.07, 6.45) is 0. The Balaban J connectivity index is 0.00000261. The number of H-pyrrole nitrogens is 1. The van der Waals surface area contributed by atoms with Crippen LogP contribution in [0, 0.1) is 10.1 Å². The molecule has 7 nitrogen and oxygen atoms in total. The average molecular weight is 460 g/mol. The number of aromatic amines is 1. The Hall–Kier alpha value is -2.53. The van der Waals surface area contributed by atoms with E-state index in [1.54, 1.807) is 0 Å². The van der Waals surface area contributed by atoms with Gasteiger partial charge >= 0.3 is 6.61 Å². The summed E-state index contributed by atoms with van der Waals surface area (Å²) in [5, 5.41) is 11.2. The molecule has 1 heterocycles. The Morgan fingerprint density at radius 3 is 2.59 bits per heavy atom. The first-order chi connectivity index (χ1) is 12.4. The third-order valence-electron chi connectivity index (χ3n) is 3.40. The van der Waals surface area contributed by atoms with Crippen LogP contribution >= 0.6 is 28.7 Å². The Bertz CT molecular complexity index is 966. The van der Waals surface area contributed by atoms with Gasteiger partial charge in [0.05, 0.1) is 21.7 Å². The second-order valence-electron chi connectivity index (χ2n) is 5.12. The number of rotatable bonds is 7. The number of Topliss-reactive ketones (excluding diaryl/α,β-unsaturated/α-hetero) is 1. The van der Waals surface area contributed by atoms with E-state index in [9.17, 15) is 23.7 Å². The van der Waals surface area contributed by atoms with Gasteiger partial charge in [-0.25, -0.2) is 4.98 Å². The monoisotopic (exact) mass is 459 g/mol. The van der Waals surface area contributed by atoms with Crippen LogP contribution in [-0.2, 0) is 0 Å². The molecule has 0 unspecified atom stereocenters. The number of carbonyl (C=O) groups excluding carboxylic acids is 1. The maximum absolute atomic E-state index is 12.2. The minimum atomic E-state index is -2.92. The maximum atomic E-state index is 12.2. The highest BCUT2D eigenvalue weighted by Gasteiger charge is 2.12. The van der Waals surface area contributed by atoms with Crippen LogP contribution in [0.3, 0.4) is 0 Å². The maximum Gasteiger partial charge on any atom is 0.387 e. The van der Waals surface area contributed by atoms with Crippen molar-refractivity contribution in [1.29, 1.82) is 0 Å². The zero-order valence-electron chi connectivity index (χ0n) is 13.4. The van der Waals surface area contributed by atoms with Crippen LogP contribution in [0.1, 0.15) is 10.4 Å². The number of nitro benzene ring substituents is 1. The smallest absolute Gasteiger partial charge is 0.387 e. The fourth-order valence-corrected chi connectivity index (χ4v) is 2.98. The number of thioether (sulfide) groups is 1. The fourth-order valence-electron chi connectivity index (χ4n) is 2.20. The topological polar surface area (TPSA) is 98.1 Å². The Kier molecular flexibility index (Phi) is 6.86. The summed E-state index contributed by atoms with van der Waals surface area (Å²) in [5.41, 5.74) is 1.35. The highest BCUT2D eigenvalue weighted by molar-refractivity contribution is 8.93. The number of carbonyl (C=O) groups is 1. The molecule has 2 aromatic carbocycles. The minimum absolute atomic E-state index is 0. The predicted octanol–water partition coefficient (Wildman–Crippen LogP) is 4.63. The first kappa shape index (κ1) is 20.8. The number of alkyl halides is 2. The van der Waals surface area contributed by atoms with Gasteiger partial charge in [0.1, 0.15) is 5.75 Å². The van der Waals surface area contributed by atoms with Crippen LogP contribution in [-0.4, -0.2) is 33.0 Å². The van der Waals surface area contributed by atoms with Crippen molar-refractivity contribution in [3.05, 3.63) is 58.1 Å². The first-order valence-corrected chi connectivity index (χ1v) is 8.26. The van der Waals surface area contributed by atoms with Crippen molar-refractivity contribution in [2.75, 3.05) is 5.75 Å². The molecule has 0 spiro atoms. The largest absolute Gasteiger partial charge is 0.435 e. The van der Waals surface area contributed by atoms with Gasteiger partial charge in [-0.15, -0.1) is 17.0 Å². The van der Waals surface area contributed by atoms with E-state index >= 15 is 0 Å². The summed E-state index contributed by atoms with van der Waals surface area (Å²) < 4.78 is 28.4. The van der Waals surface area contributed by atoms with E-state index in [0.717, 1.165) is 11.8 Å². The second-order valence-corrected chi connectivity index (χ2v) is 6.08. The van der Waals surface area contributed by atoms with Crippen molar-refractivity contribution in [3.63, 3.8) is 0 Å². The molecule has 1 aromatic heterocycles. The van der Waals surface area contributed by atoms with Crippen LogP contribution in [0.25, 0.3) is 11.0 Å². The summed E-state index contributed by atoms with van der Waals surface area (Å²) in [7, 11) is 0. The van der Waals surface area contributed by atoms with E-state index in [4.69, 9.17) is 0 Å². The number of aromatic nitrogens is 2. The zero-order chi connectivity index (χ0) is 18.7. The molecule has 142 valence electrons. The van der Waals surface area contributed by atoms with E-state index < -0.39 is 11.5 Å². The van der Waals surface area contributed by atoms with Crippen molar-refractivity contribution >= 4 is 51.2 Å². The molecule has 0 amide bonds. The summed E-state index contributed by atoms with van der Waals surface area (Å²) in [5.74, 6) is -0.176. The van der Waals surface area contributed by atoms with Crippen LogP contribution in [0.4, 0.5) is 14.5 Å². The van der Waals surface area contributed by atoms with Gasteiger partial charge in [0.2, 0.25) is 0 Å². The Morgan fingerprint density at radius 1 is 1.26 bits per heavy atom. The number of nitro groups is 1. The number of hydrogen-bond acceptors (Lipinski definition) is 6. The molecule has 11 heteroatoms. The molecule has 0 atom stereocenters. The Labute approximate surface area is 166 Å². The number of hydrogen-bond donors (Lipinski definition) is 1. The van der Waals surface area contributed by atoms with Gasteiger partial charge in [0.25, 0.3) is 5.69 Å². The standard InChI is InChI=1S/C16H11F2N3O4S.BrH/c17-15(18)25-11-4-1-9(2-5-11)14(22)8-26-16-19-12-6-3-10(21(23)24)7-13(12)20-16;/h1-7,15H,8H2,(H,19,20);1H.